The van der Waals surface area contributed by atoms with Gasteiger partial charge in [-0.25, -0.2) is 4.79 Å². The first-order valence-corrected chi connectivity index (χ1v) is 9.20. The lowest BCUT2D eigenvalue weighted by molar-refractivity contribution is 0.198. The van der Waals surface area contributed by atoms with E-state index in [1.54, 1.807) is 6.20 Å². The zero-order valence-electron chi connectivity index (χ0n) is 14.3. The van der Waals surface area contributed by atoms with Crippen LogP contribution in [-0.2, 0) is 0 Å². The molecule has 1 saturated heterocycles. The number of nitrogens with one attached hydrogen (secondary N) is 1. The lowest BCUT2D eigenvalue weighted by Gasteiger charge is -2.36. The van der Waals surface area contributed by atoms with Crippen molar-refractivity contribution in [3.05, 3.63) is 70.3 Å². The van der Waals surface area contributed by atoms with E-state index in [-0.39, 0.29) is 6.03 Å². The van der Waals surface area contributed by atoms with Crippen LogP contribution in [0, 0.1) is 6.92 Å². The molecule has 3 rings (SSSR count). The van der Waals surface area contributed by atoms with Gasteiger partial charge < -0.3 is 15.1 Å². The molecular weight excluding hydrogens is 378 g/mol. The fourth-order valence-corrected chi connectivity index (χ4v) is 3.13. The van der Waals surface area contributed by atoms with Crippen molar-refractivity contribution in [2.24, 2.45) is 0 Å². The number of urea groups is 1. The molecule has 0 aromatic heterocycles. The SMILES string of the molecule is Cc1cccc(N2CCN(C(=O)N/C=C/c3ccc(Br)cc3)CC2)c1. The largest absolute Gasteiger partial charge is 0.368 e. The summed E-state index contributed by atoms with van der Waals surface area (Å²) in [6.45, 7) is 5.27. The van der Waals surface area contributed by atoms with E-state index in [2.05, 4.69) is 57.3 Å². The average molecular weight is 400 g/mol. The van der Waals surface area contributed by atoms with Crippen molar-refractivity contribution < 1.29 is 4.79 Å². The van der Waals surface area contributed by atoms with E-state index in [1.165, 1.54) is 11.3 Å². The number of halogens is 1. The first kappa shape index (κ1) is 17.5. The smallest absolute Gasteiger partial charge is 0.321 e. The maximum absolute atomic E-state index is 12.3. The number of piperazine rings is 1. The minimum Gasteiger partial charge on any atom is -0.368 e. The van der Waals surface area contributed by atoms with Crippen molar-refractivity contribution >= 4 is 33.7 Å². The molecule has 1 aliphatic heterocycles. The minimum atomic E-state index is -0.0442. The van der Waals surface area contributed by atoms with E-state index >= 15 is 0 Å². The van der Waals surface area contributed by atoms with Crippen LogP contribution in [0.5, 0.6) is 0 Å². The van der Waals surface area contributed by atoms with Crippen LogP contribution in [-0.4, -0.2) is 37.1 Å². The quantitative estimate of drug-likeness (QED) is 0.836. The van der Waals surface area contributed by atoms with Gasteiger partial charge in [-0.1, -0.05) is 40.2 Å². The average Bonchev–Trinajstić information content (AvgIpc) is 2.63. The zero-order valence-corrected chi connectivity index (χ0v) is 15.9. The van der Waals surface area contributed by atoms with E-state index < -0.39 is 0 Å². The van der Waals surface area contributed by atoms with Crippen molar-refractivity contribution in [3.8, 4) is 0 Å². The summed E-state index contributed by atoms with van der Waals surface area (Å²) >= 11 is 3.41. The molecule has 0 radical (unpaired) electrons. The maximum Gasteiger partial charge on any atom is 0.321 e. The highest BCUT2D eigenvalue weighted by Crippen LogP contribution is 2.17. The van der Waals surface area contributed by atoms with Crippen molar-refractivity contribution in [1.82, 2.24) is 10.2 Å². The van der Waals surface area contributed by atoms with Gasteiger partial charge in [0.25, 0.3) is 0 Å². The van der Waals surface area contributed by atoms with Crippen molar-refractivity contribution in [2.45, 2.75) is 6.92 Å². The Labute approximate surface area is 157 Å². The highest BCUT2D eigenvalue weighted by molar-refractivity contribution is 9.10. The molecule has 0 spiro atoms. The van der Waals surface area contributed by atoms with Crippen molar-refractivity contribution in [1.29, 1.82) is 0 Å². The number of rotatable bonds is 3. The normalized spacial score (nSPS) is 14.8. The molecule has 1 fully saturated rings. The number of anilines is 1. The van der Waals surface area contributed by atoms with E-state index in [9.17, 15) is 4.79 Å². The van der Waals surface area contributed by atoms with Gasteiger partial charge >= 0.3 is 6.03 Å². The Morgan fingerprint density at radius 3 is 2.48 bits per heavy atom. The monoisotopic (exact) mass is 399 g/mol. The van der Waals surface area contributed by atoms with Gasteiger partial charge in [-0.15, -0.1) is 0 Å². The van der Waals surface area contributed by atoms with Crippen molar-refractivity contribution in [3.63, 3.8) is 0 Å². The Kier molecular flexibility index (Phi) is 5.76. The van der Waals surface area contributed by atoms with E-state index in [0.29, 0.717) is 0 Å². The number of benzene rings is 2. The molecule has 1 heterocycles. The summed E-state index contributed by atoms with van der Waals surface area (Å²) in [4.78, 5) is 16.5. The Bertz CT molecular complexity index is 750. The number of nitrogens with zero attached hydrogens (tertiary/aromatic N) is 2. The lowest BCUT2D eigenvalue weighted by atomic mass is 10.2. The number of carbonyl (C=O) groups is 1. The first-order valence-electron chi connectivity index (χ1n) is 8.41. The molecule has 2 aromatic carbocycles. The molecule has 0 bridgehead atoms. The molecule has 2 aromatic rings. The van der Waals surface area contributed by atoms with E-state index in [1.807, 2.05) is 35.2 Å². The van der Waals surface area contributed by atoms with E-state index in [0.717, 1.165) is 36.2 Å². The fraction of sp³-hybridized carbons (Fsp3) is 0.250. The highest BCUT2D eigenvalue weighted by Gasteiger charge is 2.20. The maximum atomic E-state index is 12.3. The molecule has 0 aliphatic carbocycles. The van der Waals surface area contributed by atoms with Gasteiger partial charge in [-0.2, -0.15) is 0 Å². The number of hydrogen-bond donors (Lipinski definition) is 1. The summed E-state index contributed by atoms with van der Waals surface area (Å²) in [7, 11) is 0. The molecule has 0 unspecified atom stereocenters. The third kappa shape index (κ3) is 4.86. The topological polar surface area (TPSA) is 35.6 Å². The molecule has 1 aliphatic rings. The van der Waals surface area contributed by atoms with Crippen LogP contribution in [0.15, 0.2) is 59.2 Å². The standard InChI is InChI=1S/C20H22BrN3O/c1-16-3-2-4-19(15-16)23-11-13-24(14-12-23)20(25)22-10-9-17-5-7-18(21)8-6-17/h2-10,15H,11-14H2,1H3,(H,22,25)/b10-9+. The third-order valence-electron chi connectivity index (χ3n) is 4.29. The Balaban J connectivity index is 1.49. The second-order valence-corrected chi connectivity index (χ2v) is 7.06. The second-order valence-electron chi connectivity index (χ2n) is 6.15. The molecule has 5 heteroatoms. The number of amides is 2. The summed E-state index contributed by atoms with van der Waals surface area (Å²) in [5, 5.41) is 2.86. The minimum absolute atomic E-state index is 0.0442. The van der Waals surface area contributed by atoms with Crippen LogP contribution < -0.4 is 10.2 Å². The fourth-order valence-electron chi connectivity index (χ4n) is 2.87. The highest BCUT2D eigenvalue weighted by atomic mass is 79.9. The molecule has 25 heavy (non-hydrogen) atoms. The molecule has 130 valence electrons. The summed E-state index contributed by atoms with van der Waals surface area (Å²) in [5.74, 6) is 0. The predicted octanol–water partition coefficient (Wildman–Crippen LogP) is 4.26. The Morgan fingerprint density at radius 2 is 1.80 bits per heavy atom. The Hall–Kier alpha value is -2.27. The van der Waals surface area contributed by atoms with Gasteiger partial charge in [-0.05, 0) is 48.4 Å². The summed E-state index contributed by atoms with van der Waals surface area (Å²) in [6.07, 6.45) is 3.60. The second kappa shape index (κ2) is 8.21. The zero-order chi connectivity index (χ0) is 17.6. The van der Waals surface area contributed by atoms with E-state index in [4.69, 9.17) is 0 Å². The molecule has 4 nitrogen and oxygen atoms in total. The third-order valence-corrected chi connectivity index (χ3v) is 4.81. The lowest BCUT2D eigenvalue weighted by Crippen LogP contribution is -2.51. The number of hydrogen-bond acceptors (Lipinski definition) is 2. The molecule has 0 atom stereocenters. The summed E-state index contributed by atoms with van der Waals surface area (Å²) < 4.78 is 1.04. The summed E-state index contributed by atoms with van der Waals surface area (Å²) in [5.41, 5.74) is 3.54. The van der Waals surface area contributed by atoms with Crippen molar-refractivity contribution in [2.75, 3.05) is 31.1 Å². The van der Waals surface area contributed by atoms with Gasteiger partial charge in [0.15, 0.2) is 0 Å². The van der Waals surface area contributed by atoms with Gasteiger partial charge in [-0.3, -0.25) is 0 Å². The molecule has 2 amide bonds. The predicted molar refractivity (Wildman–Crippen MR) is 107 cm³/mol. The van der Waals surface area contributed by atoms with Crippen LogP contribution in [0.25, 0.3) is 6.08 Å². The van der Waals surface area contributed by atoms with Crippen LogP contribution in [0.2, 0.25) is 0 Å². The molecule has 1 N–H and O–H groups in total. The van der Waals surface area contributed by atoms with Crippen LogP contribution in [0.4, 0.5) is 10.5 Å². The molecule has 0 saturated carbocycles. The van der Waals surface area contributed by atoms with Gasteiger partial charge in [0.05, 0.1) is 0 Å². The van der Waals surface area contributed by atoms with Gasteiger partial charge in [0.1, 0.15) is 0 Å². The Morgan fingerprint density at radius 1 is 1.08 bits per heavy atom. The molecular formula is C20H22BrN3O. The number of carbonyl (C=O) groups excluding carboxylic acids is 1. The van der Waals surface area contributed by atoms with Crippen LogP contribution in [0.3, 0.4) is 0 Å². The van der Waals surface area contributed by atoms with Crippen LogP contribution >= 0.6 is 15.9 Å². The number of aryl methyl sites for hydroxylation is 1. The first-order chi connectivity index (χ1) is 12.1. The van der Waals surface area contributed by atoms with Gasteiger partial charge in [0.2, 0.25) is 0 Å². The summed E-state index contributed by atoms with van der Waals surface area (Å²) in [6, 6.07) is 16.4. The van der Waals surface area contributed by atoms with Crippen LogP contribution in [0.1, 0.15) is 11.1 Å². The van der Waals surface area contributed by atoms with Gasteiger partial charge in [0, 0.05) is 42.5 Å².